The van der Waals surface area contributed by atoms with E-state index in [1.165, 1.54) is 39.4 Å². The third kappa shape index (κ3) is 9.80. The molecule has 0 amide bonds. The maximum atomic E-state index is 8.80. The summed E-state index contributed by atoms with van der Waals surface area (Å²) in [6.45, 7) is 12.8. The third-order valence-electron chi connectivity index (χ3n) is 11.6. The van der Waals surface area contributed by atoms with Crippen molar-refractivity contribution < 1.29 is 31.4 Å². The molecule has 0 aliphatic carbocycles. The van der Waals surface area contributed by atoms with Crippen LogP contribution in [-0.4, -0.2) is 24.0 Å². The number of rotatable bonds is 8. The molecule has 2 aromatic heterocycles. The van der Waals surface area contributed by atoms with E-state index in [1.807, 2.05) is 51.2 Å². The van der Waals surface area contributed by atoms with Gasteiger partial charge in [0.15, 0.2) is 0 Å². The van der Waals surface area contributed by atoms with Gasteiger partial charge in [0, 0.05) is 31.4 Å². The number of aryl methyl sites for hydroxylation is 1. The van der Waals surface area contributed by atoms with Crippen LogP contribution < -0.4 is 4.40 Å². The van der Waals surface area contributed by atoms with Gasteiger partial charge in [0.25, 0.3) is 0 Å². The summed E-state index contributed by atoms with van der Waals surface area (Å²) in [6, 6.07) is 49.7. The molecular formula is C58H60GeIrN2O-2. The van der Waals surface area contributed by atoms with E-state index < -0.39 is 31.9 Å². The molecule has 0 fully saturated rings. The van der Waals surface area contributed by atoms with Crippen LogP contribution in [0.25, 0.3) is 44.3 Å². The van der Waals surface area contributed by atoms with Gasteiger partial charge in [0.1, 0.15) is 5.58 Å². The van der Waals surface area contributed by atoms with Gasteiger partial charge in [-0.05, 0) is 63.1 Å². The molecule has 0 saturated heterocycles. The number of pyridine rings is 1. The summed E-state index contributed by atoms with van der Waals surface area (Å²) in [5.41, 5.74) is 14.3. The summed E-state index contributed by atoms with van der Waals surface area (Å²) < 4.78 is 47.6. The minimum absolute atomic E-state index is 0. The minimum Gasteiger partial charge on any atom is 0 e. The van der Waals surface area contributed by atoms with Crippen LogP contribution in [0.3, 0.4) is 0 Å². The van der Waals surface area contributed by atoms with Crippen LogP contribution in [0.2, 0.25) is 17.3 Å². The topological polar surface area (TPSA) is 38.4 Å². The largest absolute Gasteiger partial charge is 0 e. The van der Waals surface area contributed by atoms with Crippen molar-refractivity contribution in [1.82, 2.24) is 4.98 Å². The number of hydrogen-bond acceptors (Lipinski definition) is 3. The first-order valence-electron chi connectivity index (χ1n) is 24.3. The zero-order chi connectivity index (χ0) is 48.2. The van der Waals surface area contributed by atoms with Crippen LogP contribution in [0.15, 0.2) is 143 Å². The Hall–Kier alpha value is -4.87. The van der Waals surface area contributed by atoms with E-state index in [2.05, 4.69) is 147 Å². The van der Waals surface area contributed by atoms with Crippen molar-refractivity contribution in [2.24, 2.45) is 10.4 Å². The summed E-state index contributed by atoms with van der Waals surface area (Å²) in [6.07, 6.45) is 0.303. The Labute approximate surface area is 399 Å². The summed E-state index contributed by atoms with van der Waals surface area (Å²) >= 11 is -2.36. The quantitative estimate of drug-likeness (QED) is 0.112. The van der Waals surface area contributed by atoms with Gasteiger partial charge < -0.3 is 4.42 Å². The van der Waals surface area contributed by atoms with Crippen molar-refractivity contribution in [2.75, 3.05) is 0 Å². The molecule has 5 heteroatoms. The van der Waals surface area contributed by atoms with Crippen molar-refractivity contribution in [3.63, 3.8) is 0 Å². The Morgan fingerprint density at radius 1 is 0.778 bits per heavy atom. The third-order valence-corrected chi connectivity index (χ3v) is 15.8. The molecule has 1 aliphatic heterocycles. The molecule has 9 rings (SSSR count). The zero-order valence-electron chi connectivity index (χ0n) is 43.1. The first-order chi connectivity index (χ1) is 31.6. The summed E-state index contributed by atoms with van der Waals surface area (Å²) in [5.74, 6) is 7.38. The minimum atomic E-state index is -2.36. The average Bonchev–Trinajstić information content (AvgIpc) is 3.87. The van der Waals surface area contributed by atoms with E-state index in [9.17, 15) is 0 Å². The Bertz CT molecular complexity index is 3090. The SMILES string of the molecule is CC(C)c1cc(-c2ccccc2)cc(C(C)C)c1C1C(c2[c-]ccc3c2oc2ccccc23)=Nc2ccccc21.[2H]C([2H])([2H])c1c[c-]c(-c2cc(C([2H])([2H])C(C)(C)C)[c]([Ge]([CH3])([CH3])[CH3])cn2)cc1.[Ir]. The van der Waals surface area contributed by atoms with E-state index in [0.29, 0.717) is 28.7 Å². The Balaban J connectivity index is 0.000000215. The summed E-state index contributed by atoms with van der Waals surface area (Å²) in [5, 5.41) is 2.23. The summed E-state index contributed by atoms with van der Waals surface area (Å²) in [4.78, 5) is 9.88. The van der Waals surface area contributed by atoms with Crippen LogP contribution in [0.5, 0.6) is 0 Å². The smallest absolute Gasteiger partial charge is 0 e. The maximum absolute atomic E-state index is 8.80. The number of aromatic nitrogens is 1. The van der Waals surface area contributed by atoms with Gasteiger partial charge in [0.2, 0.25) is 0 Å². The van der Waals surface area contributed by atoms with Crippen molar-refractivity contribution in [3.8, 4) is 22.4 Å². The average molecular weight is 1070 g/mol. The van der Waals surface area contributed by atoms with Gasteiger partial charge >= 0.3 is 145 Å². The number of nitrogens with zero attached hydrogens (tertiary/aromatic N) is 2. The van der Waals surface area contributed by atoms with Crippen molar-refractivity contribution >= 4 is 51.0 Å². The molecule has 3 nitrogen and oxygen atoms in total. The normalized spacial score (nSPS) is 15.4. The second-order valence-electron chi connectivity index (χ2n) is 19.2. The predicted molar refractivity (Wildman–Crippen MR) is 266 cm³/mol. The van der Waals surface area contributed by atoms with Crippen LogP contribution in [0, 0.1) is 24.4 Å². The fourth-order valence-electron chi connectivity index (χ4n) is 8.62. The van der Waals surface area contributed by atoms with E-state index >= 15 is 0 Å². The van der Waals surface area contributed by atoms with E-state index in [0.717, 1.165) is 43.3 Å². The molecule has 63 heavy (non-hydrogen) atoms. The molecule has 323 valence electrons. The fraction of sp³-hybridized carbons (Fsp3) is 0.276. The number of benzene rings is 6. The van der Waals surface area contributed by atoms with Crippen molar-refractivity contribution in [1.29, 1.82) is 0 Å². The second-order valence-corrected chi connectivity index (χ2v) is 29.7. The number of hydrogen-bond donors (Lipinski definition) is 0. The number of fused-ring (bicyclic) bond motifs is 4. The van der Waals surface area contributed by atoms with Crippen LogP contribution in [0.1, 0.15) is 112 Å². The van der Waals surface area contributed by atoms with Gasteiger partial charge in [-0.3, -0.25) is 4.99 Å². The molecule has 0 saturated carbocycles. The van der Waals surface area contributed by atoms with Gasteiger partial charge in [-0.1, -0.05) is 118 Å². The number of aliphatic imine (C=N–C) groups is 1. The van der Waals surface area contributed by atoms with Crippen molar-refractivity contribution in [3.05, 3.63) is 185 Å². The molecule has 1 unspecified atom stereocenters. The molecule has 0 bridgehead atoms. The molecule has 0 spiro atoms. The molecule has 1 atom stereocenters. The molecule has 3 heterocycles. The molecule has 1 radical (unpaired) electrons. The monoisotopic (exact) mass is 1070 g/mol. The summed E-state index contributed by atoms with van der Waals surface area (Å²) in [7, 11) is 0. The van der Waals surface area contributed by atoms with Crippen LogP contribution in [0.4, 0.5) is 5.69 Å². The molecular weight excluding hydrogens is 1010 g/mol. The van der Waals surface area contributed by atoms with Crippen molar-refractivity contribution in [2.45, 2.75) is 96.7 Å². The Morgan fingerprint density at radius 2 is 1.46 bits per heavy atom. The maximum Gasteiger partial charge on any atom is 0 e. The Morgan fingerprint density at radius 3 is 2.11 bits per heavy atom. The standard InChI is InChI=1S/C38H32NO.C20H28GeN.Ir/c1-23(2)31-21-26(25-13-6-5-7-14-25)22-32(24(3)4)35(31)36-29-16-8-10-19-33(29)39-37(36)30-18-12-17-28-27-15-9-11-20-34(27)40-38(28)30;1-15-8-10-16(11-9-15)19-12-17(13-20(2,3)4)18(14-22-19)21(5,6)7;/h5-17,19-24,36H,1-4H3;8-10,12,14H,13H2,1-7H3;/q2*-1;/i;1D3,13D2;. The van der Waals surface area contributed by atoms with Gasteiger partial charge in [-0.2, -0.15) is 0 Å². The first kappa shape index (κ1) is 39.7. The molecule has 8 aromatic rings. The number of para-hydroxylation sites is 2. The molecule has 1 aliphatic rings. The second kappa shape index (κ2) is 18.7. The molecule has 6 aromatic carbocycles. The molecule has 0 N–H and O–H groups in total. The Kier molecular flexibility index (Phi) is 11.8. The van der Waals surface area contributed by atoms with Gasteiger partial charge in [-0.25, -0.2) is 0 Å². The zero-order valence-corrected chi connectivity index (χ0v) is 42.6. The van der Waals surface area contributed by atoms with Crippen LogP contribution >= 0.6 is 0 Å². The van der Waals surface area contributed by atoms with E-state index in [4.69, 9.17) is 16.3 Å². The fourth-order valence-corrected chi connectivity index (χ4v) is 11.6. The first-order valence-corrected chi connectivity index (χ1v) is 29.2. The van der Waals surface area contributed by atoms with Gasteiger partial charge in [-0.15, -0.1) is 18.2 Å². The van der Waals surface area contributed by atoms with Crippen LogP contribution in [-0.2, 0) is 26.5 Å². The van der Waals surface area contributed by atoms with E-state index in [1.54, 1.807) is 12.1 Å². The van der Waals surface area contributed by atoms with E-state index in [-0.39, 0.29) is 31.6 Å². The number of furan rings is 1. The van der Waals surface area contributed by atoms with Gasteiger partial charge in [0.05, 0.1) is 11.3 Å². The predicted octanol–water partition coefficient (Wildman–Crippen LogP) is 15.6.